The molecular weight excluding hydrogens is 186 g/mol. The van der Waals surface area contributed by atoms with E-state index in [9.17, 15) is 0 Å². The molecule has 0 N–H and O–H groups in total. The predicted molar refractivity (Wildman–Crippen MR) is 62.1 cm³/mol. The maximum Gasteiger partial charge on any atom is 0.0625 e. The number of aryl methyl sites for hydroxylation is 1. The lowest BCUT2D eigenvalue weighted by atomic mass is 10.2. The van der Waals surface area contributed by atoms with Gasteiger partial charge in [0, 0.05) is 12.2 Å². The summed E-state index contributed by atoms with van der Waals surface area (Å²) in [6.07, 6.45) is 2.74. The number of hydrogen-bond donors (Lipinski definition) is 0. The molecule has 2 rings (SSSR count). The predicted octanol–water partition coefficient (Wildman–Crippen LogP) is 1.90. The van der Waals surface area contributed by atoms with Crippen LogP contribution in [0.2, 0.25) is 0 Å². The number of nitrogens with zero attached hydrogens (tertiary/aromatic N) is 3. The SMILES string of the molecule is Cc1nn(CCN2CCCC2)c(C)c1C. The molecule has 0 aliphatic carbocycles. The average Bonchev–Trinajstić information content (AvgIpc) is 2.80. The molecule has 0 unspecified atom stereocenters. The molecule has 1 aliphatic rings. The van der Waals surface area contributed by atoms with E-state index in [1.165, 1.54) is 42.9 Å². The zero-order valence-electron chi connectivity index (χ0n) is 10.1. The van der Waals surface area contributed by atoms with Crippen LogP contribution in [0.1, 0.15) is 29.8 Å². The summed E-state index contributed by atoms with van der Waals surface area (Å²) in [6, 6.07) is 0. The van der Waals surface area contributed by atoms with Gasteiger partial charge in [-0.2, -0.15) is 5.10 Å². The number of rotatable bonds is 3. The Morgan fingerprint density at radius 1 is 1.07 bits per heavy atom. The molecule has 2 heterocycles. The van der Waals surface area contributed by atoms with Crippen LogP contribution >= 0.6 is 0 Å². The summed E-state index contributed by atoms with van der Waals surface area (Å²) in [7, 11) is 0. The van der Waals surface area contributed by atoms with Gasteiger partial charge in [-0.15, -0.1) is 0 Å². The molecule has 3 nitrogen and oxygen atoms in total. The summed E-state index contributed by atoms with van der Waals surface area (Å²) in [5.41, 5.74) is 3.84. The topological polar surface area (TPSA) is 21.1 Å². The molecule has 1 aromatic heterocycles. The third-order valence-electron chi connectivity index (χ3n) is 3.57. The van der Waals surface area contributed by atoms with Crippen LogP contribution in [0.5, 0.6) is 0 Å². The van der Waals surface area contributed by atoms with E-state index in [1.54, 1.807) is 0 Å². The zero-order valence-corrected chi connectivity index (χ0v) is 10.1. The van der Waals surface area contributed by atoms with E-state index in [0.717, 1.165) is 13.1 Å². The molecule has 0 atom stereocenters. The number of hydrogen-bond acceptors (Lipinski definition) is 2. The fourth-order valence-corrected chi connectivity index (χ4v) is 2.25. The first kappa shape index (κ1) is 10.7. The van der Waals surface area contributed by atoms with Crippen molar-refractivity contribution in [1.29, 1.82) is 0 Å². The van der Waals surface area contributed by atoms with Crippen molar-refractivity contribution in [3.63, 3.8) is 0 Å². The second-order valence-corrected chi connectivity index (χ2v) is 4.57. The Kier molecular flexibility index (Phi) is 3.10. The summed E-state index contributed by atoms with van der Waals surface area (Å²) in [6.45, 7) is 11.2. The summed E-state index contributed by atoms with van der Waals surface area (Å²) < 4.78 is 2.16. The first-order chi connectivity index (χ1) is 7.18. The van der Waals surface area contributed by atoms with E-state index < -0.39 is 0 Å². The zero-order chi connectivity index (χ0) is 10.8. The lowest BCUT2D eigenvalue weighted by molar-refractivity contribution is 0.314. The van der Waals surface area contributed by atoms with Gasteiger partial charge in [0.1, 0.15) is 0 Å². The molecule has 0 saturated carbocycles. The molecule has 1 fully saturated rings. The Balaban J connectivity index is 1.95. The van der Waals surface area contributed by atoms with Gasteiger partial charge >= 0.3 is 0 Å². The van der Waals surface area contributed by atoms with Crippen LogP contribution in [0.4, 0.5) is 0 Å². The van der Waals surface area contributed by atoms with E-state index in [0.29, 0.717) is 0 Å². The van der Waals surface area contributed by atoms with E-state index in [-0.39, 0.29) is 0 Å². The van der Waals surface area contributed by atoms with Crippen molar-refractivity contribution in [1.82, 2.24) is 14.7 Å². The van der Waals surface area contributed by atoms with E-state index in [2.05, 4.69) is 35.5 Å². The smallest absolute Gasteiger partial charge is 0.0625 e. The second kappa shape index (κ2) is 4.35. The summed E-state index contributed by atoms with van der Waals surface area (Å²) >= 11 is 0. The van der Waals surface area contributed by atoms with Crippen LogP contribution < -0.4 is 0 Å². The van der Waals surface area contributed by atoms with Crippen LogP contribution in [0, 0.1) is 20.8 Å². The van der Waals surface area contributed by atoms with Gasteiger partial charge in [0.2, 0.25) is 0 Å². The number of likely N-dealkylation sites (tertiary alicyclic amines) is 1. The van der Waals surface area contributed by atoms with Gasteiger partial charge in [-0.25, -0.2) is 0 Å². The van der Waals surface area contributed by atoms with E-state index in [4.69, 9.17) is 0 Å². The standard InChI is InChI=1S/C12H21N3/c1-10-11(2)13-15(12(10)3)9-8-14-6-4-5-7-14/h4-9H2,1-3H3. The first-order valence-electron chi connectivity index (χ1n) is 5.91. The molecule has 3 heteroatoms. The maximum absolute atomic E-state index is 4.56. The maximum atomic E-state index is 4.56. The van der Waals surface area contributed by atoms with Crippen molar-refractivity contribution in [3.05, 3.63) is 17.0 Å². The molecule has 1 aromatic rings. The van der Waals surface area contributed by atoms with Gasteiger partial charge in [0.15, 0.2) is 0 Å². The van der Waals surface area contributed by atoms with Crippen LogP contribution in [-0.2, 0) is 6.54 Å². The van der Waals surface area contributed by atoms with Crippen molar-refractivity contribution < 1.29 is 0 Å². The van der Waals surface area contributed by atoms with Crippen molar-refractivity contribution >= 4 is 0 Å². The summed E-state index contributed by atoms with van der Waals surface area (Å²) in [4.78, 5) is 2.53. The van der Waals surface area contributed by atoms with Gasteiger partial charge in [0.05, 0.1) is 12.2 Å². The van der Waals surface area contributed by atoms with Crippen molar-refractivity contribution in [2.24, 2.45) is 0 Å². The minimum Gasteiger partial charge on any atom is -0.301 e. The van der Waals surface area contributed by atoms with E-state index in [1.807, 2.05) is 0 Å². The molecule has 1 aliphatic heterocycles. The normalized spacial score (nSPS) is 17.5. The van der Waals surface area contributed by atoms with Gasteiger partial charge < -0.3 is 4.90 Å². The van der Waals surface area contributed by atoms with Crippen molar-refractivity contribution in [2.75, 3.05) is 19.6 Å². The Bertz CT molecular complexity index is 335. The molecule has 1 saturated heterocycles. The van der Waals surface area contributed by atoms with Crippen molar-refractivity contribution in [2.45, 2.75) is 40.2 Å². The molecule has 15 heavy (non-hydrogen) atoms. The fourth-order valence-electron chi connectivity index (χ4n) is 2.25. The van der Waals surface area contributed by atoms with Gasteiger partial charge in [-0.3, -0.25) is 4.68 Å². The van der Waals surface area contributed by atoms with Crippen LogP contribution in [0.25, 0.3) is 0 Å². The molecule has 0 spiro atoms. The lowest BCUT2D eigenvalue weighted by Crippen LogP contribution is -2.24. The molecule has 0 aromatic carbocycles. The molecule has 0 bridgehead atoms. The Labute approximate surface area is 92.1 Å². The Morgan fingerprint density at radius 3 is 2.27 bits per heavy atom. The highest BCUT2D eigenvalue weighted by molar-refractivity contribution is 5.22. The fraction of sp³-hybridized carbons (Fsp3) is 0.750. The minimum absolute atomic E-state index is 1.04. The average molecular weight is 207 g/mol. The van der Waals surface area contributed by atoms with Crippen LogP contribution in [0.15, 0.2) is 0 Å². The monoisotopic (exact) mass is 207 g/mol. The van der Waals surface area contributed by atoms with Crippen LogP contribution in [-0.4, -0.2) is 34.3 Å². The highest BCUT2D eigenvalue weighted by atomic mass is 15.3. The third kappa shape index (κ3) is 2.23. The largest absolute Gasteiger partial charge is 0.301 e. The highest BCUT2D eigenvalue weighted by Crippen LogP contribution is 2.12. The Morgan fingerprint density at radius 2 is 1.73 bits per heavy atom. The summed E-state index contributed by atoms with van der Waals surface area (Å²) in [5, 5.41) is 4.56. The minimum atomic E-state index is 1.04. The molecule has 0 radical (unpaired) electrons. The van der Waals surface area contributed by atoms with Crippen molar-refractivity contribution in [3.8, 4) is 0 Å². The molecule has 0 amide bonds. The lowest BCUT2D eigenvalue weighted by Gasteiger charge is -2.14. The summed E-state index contributed by atoms with van der Waals surface area (Å²) in [5.74, 6) is 0. The third-order valence-corrected chi connectivity index (χ3v) is 3.57. The van der Waals surface area contributed by atoms with Gasteiger partial charge in [-0.05, 0) is 52.3 Å². The first-order valence-corrected chi connectivity index (χ1v) is 5.91. The van der Waals surface area contributed by atoms with E-state index >= 15 is 0 Å². The molecular formula is C12H21N3. The quantitative estimate of drug-likeness (QED) is 0.755. The highest BCUT2D eigenvalue weighted by Gasteiger charge is 2.12. The molecule has 84 valence electrons. The second-order valence-electron chi connectivity index (χ2n) is 4.57. The van der Waals surface area contributed by atoms with Gasteiger partial charge in [0.25, 0.3) is 0 Å². The number of aromatic nitrogens is 2. The Hall–Kier alpha value is -0.830. The van der Waals surface area contributed by atoms with Crippen LogP contribution in [0.3, 0.4) is 0 Å². The van der Waals surface area contributed by atoms with Gasteiger partial charge in [-0.1, -0.05) is 0 Å².